The van der Waals surface area contributed by atoms with Gasteiger partial charge < -0.3 is 28.7 Å². The summed E-state index contributed by atoms with van der Waals surface area (Å²) in [4.78, 5) is 42.6. The van der Waals surface area contributed by atoms with E-state index in [2.05, 4.69) is 5.32 Å². The number of carbonyl (C=O) groups is 3. The van der Waals surface area contributed by atoms with Crippen LogP contribution in [0, 0.1) is 0 Å². The SMILES string of the molecule is CCCC(F)OC(=O)[C@H]1CC[C@@](CC2(NC(C)=O)COC(C)(C)O2)(C(=O)OC(F)CCC)N1CO[Si](CCC(C)F)(c1ccccc1)c1ccccc1. The first kappa shape index (κ1) is 42.4. The average Bonchev–Trinajstić information content (AvgIpc) is 3.61. The highest BCUT2D eigenvalue weighted by atomic mass is 28.4. The minimum atomic E-state index is -3.40. The summed E-state index contributed by atoms with van der Waals surface area (Å²) in [5.74, 6) is -3.62. The summed E-state index contributed by atoms with van der Waals surface area (Å²) in [5.41, 5.74) is -3.49. The standard InChI is InChI=1S/C39H55F3N2O8Si/c1-7-15-33(41)50-35(46)32-21-23-38(36(47)51-34(42)16-8-2,25-39(43-29(4)45)26-48-37(5,6)52-39)44(32)27-49-53(24-22-28(3)40,30-17-11-9-12-18-30)31-19-13-10-14-20-31/h9-14,17-20,28,32-34H,7-8,15-16,21-27H2,1-6H3,(H,43,45)/t28?,32-,33?,34?,38-,39?/m1/s1. The number of nitrogens with zero attached hydrogens (tertiary/aromatic N) is 1. The molecule has 2 aliphatic rings. The monoisotopic (exact) mass is 764 g/mol. The normalized spacial score (nSPS) is 24.7. The molecule has 53 heavy (non-hydrogen) atoms. The predicted octanol–water partition coefficient (Wildman–Crippen LogP) is 5.95. The van der Waals surface area contributed by atoms with Crippen LogP contribution in [0.5, 0.6) is 0 Å². The Balaban J connectivity index is 1.90. The van der Waals surface area contributed by atoms with Gasteiger partial charge in [0.05, 0.1) is 19.5 Å². The molecule has 0 bridgehead atoms. The lowest BCUT2D eigenvalue weighted by molar-refractivity contribution is -0.197. The summed E-state index contributed by atoms with van der Waals surface area (Å²) in [6.07, 6.45) is -4.64. The van der Waals surface area contributed by atoms with Gasteiger partial charge in [-0.05, 0) is 69.3 Å². The number of nitrogens with one attached hydrogen (secondary N) is 1. The molecule has 2 aromatic rings. The molecule has 6 atom stereocenters. The van der Waals surface area contributed by atoms with Gasteiger partial charge in [0.1, 0.15) is 11.6 Å². The van der Waals surface area contributed by atoms with Crippen molar-refractivity contribution in [3.8, 4) is 0 Å². The van der Waals surface area contributed by atoms with Crippen LogP contribution < -0.4 is 15.7 Å². The minimum Gasteiger partial charge on any atom is -0.430 e. The van der Waals surface area contributed by atoms with Gasteiger partial charge in [-0.25, -0.2) is 18.0 Å². The summed E-state index contributed by atoms with van der Waals surface area (Å²) >= 11 is 0. The maximum atomic E-state index is 15.3. The van der Waals surface area contributed by atoms with Crippen LogP contribution in [-0.2, 0) is 37.8 Å². The summed E-state index contributed by atoms with van der Waals surface area (Å²) in [7, 11) is -3.40. The van der Waals surface area contributed by atoms with Gasteiger partial charge in [0.25, 0.3) is 8.32 Å². The van der Waals surface area contributed by atoms with Crippen molar-refractivity contribution in [2.45, 2.75) is 141 Å². The first-order valence-electron chi connectivity index (χ1n) is 18.6. The lowest BCUT2D eigenvalue weighted by Gasteiger charge is -2.45. The highest BCUT2D eigenvalue weighted by molar-refractivity contribution is 6.97. The van der Waals surface area contributed by atoms with Gasteiger partial charge in [0.2, 0.25) is 18.6 Å². The van der Waals surface area contributed by atoms with Gasteiger partial charge in [-0.3, -0.25) is 14.5 Å². The number of rotatable bonds is 19. The summed E-state index contributed by atoms with van der Waals surface area (Å²) in [5, 5.41) is 4.44. The third kappa shape index (κ3) is 10.5. The number of benzene rings is 2. The Kier molecular flexibility index (Phi) is 14.7. The number of alkyl halides is 3. The van der Waals surface area contributed by atoms with Gasteiger partial charge in [-0.1, -0.05) is 74.5 Å². The van der Waals surface area contributed by atoms with Crippen LogP contribution in [0.1, 0.15) is 92.9 Å². The smallest absolute Gasteiger partial charge is 0.329 e. The molecule has 2 aliphatic heterocycles. The van der Waals surface area contributed by atoms with Crippen molar-refractivity contribution >= 4 is 36.5 Å². The molecule has 0 aromatic heterocycles. The van der Waals surface area contributed by atoms with Crippen molar-refractivity contribution in [1.29, 1.82) is 0 Å². The van der Waals surface area contributed by atoms with Gasteiger partial charge in [-0.2, -0.15) is 0 Å². The zero-order chi connectivity index (χ0) is 38.9. The fraction of sp³-hybridized carbons (Fsp3) is 0.615. The van der Waals surface area contributed by atoms with Gasteiger partial charge in [0.15, 0.2) is 11.5 Å². The molecule has 294 valence electrons. The molecule has 0 spiro atoms. The zero-order valence-corrected chi connectivity index (χ0v) is 32.7. The van der Waals surface area contributed by atoms with Crippen LogP contribution in [-0.4, -0.2) is 86.4 Å². The largest absolute Gasteiger partial charge is 0.430 e. The van der Waals surface area contributed by atoms with E-state index in [9.17, 15) is 23.2 Å². The Morgan fingerprint density at radius 1 is 0.925 bits per heavy atom. The minimum absolute atomic E-state index is 0.0198. The average molecular weight is 765 g/mol. The maximum Gasteiger partial charge on any atom is 0.329 e. The maximum absolute atomic E-state index is 15.3. The molecule has 0 saturated carbocycles. The molecule has 10 nitrogen and oxygen atoms in total. The fourth-order valence-corrected chi connectivity index (χ4v) is 11.4. The molecule has 4 rings (SSSR count). The molecular formula is C39H55F3N2O8Si. The van der Waals surface area contributed by atoms with E-state index >= 15 is 4.39 Å². The molecule has 2 aromatic carbocycles. The van der Waals surface area contributed by atoms with E-state index in [0.717, 1.165) is 10.4 Å². The zero-order valence-electron chi connectivity index (χ0n) is 31.7. The van der Waals surface area contributed by atoms with E-state index in [0.29, 0.717) is 18.9 Å². The number of likely N-dealkylation sites (tertiary alicyclic amines) is 1. The van der Waals surface area contributed by atoms with Crippen molar-refractivity contribution in [1.82, 2.24) is 10.2 Å². The van der Waals surface area contributed by atoms with E-state index in [4.69, 9.17) is 23.4 Å². The van der Waals surface area contributed by atoms with Crippen LogP contribution in [0.25, 0.3) is 0 Å². The Labute approximate surface area is 312 Å². The van der Waals surface area contributed by atoms with E-state index < -0.39 is 74.9 Å². The highest BCUT2D eigenvalue weighted by Gasteiger charge is 2.62. The number of hydrogen-bond donors (Lipinski definition) is 1. The lowest BCUT2D eigenvalue weighted by Crippen LogP contribution is -2.66. The number of carbonyl (C=O) groups excluding carboxylic acids is 3. The molecule has 14 heteroatoms. The van der Waals surface area contributed by atoms with Crippen molar-refractivity contribution < 1.29 is 50.9 Å². The van der Waals surface area contributed by atoms with Crippen LogP contribution >= 0.6 is 0 Å². The molecule has 1 amide bonds. The second kappa shape index (κ2) is 18.4. The summed E-state index contributed by atoms with van der Waals surface area (Å²) in [6, 6.07) is 17.9. The van der Waals surface area contributed by atoms with Crippen LogP contribution in [0.15, 0.2) is 60.7 Å². The Hall–Kier alpha value is -3.30. The Bertz CT molecular complexity index is 1470. The molecule has 1 N–H and O–H groups in total. The Morgan fingerprint density at radius 3 is 1.98 bits per heavy atom. The highest BCUT2D eigenvalue weighted by Crippen LogP contribution is 2.45. The molecule has 0 aliphatic carbocycles. The van der Waals surface area contributed by atoms with Crippen LogP contribution in [0.2, 0.25) is 6.04 Å². The molecule has 4 unspecified atom stereocenters. The first-order valence-corrected chi connectivity index (χ1v) is 20.7. The second-order valence-electron chi connectivity index (χ2n) is 14.6. The summed E-state index contributed by atoms with van der Waals surface area (Å²) < 4.78 is 74.9. The van der Waals surface area contributed by atoms with Gasteiger partial charge in [-0.15, -0.1) is 0 Å². The quantitative estimate of drug-likeness (QED) is 0.137. The number of amides is 1. The van der Waals surface area contributed by atoms with Crippen molar-refractivity contribution in [2.24, 2.45) is 0 Å². The number of ether oxygens (including phenoxy) is 4. The number of esters is 2. The number of hydrogen-bond acceptors (Lipinski definition) is 9. The molecule has 0 radical (unpaired) electrons. The summed E-state index contributed by atoms with van der Waals surface area (Å²) in [6.45, 7) is 8.96. The third-order valence-electron chi connectivity index (χ3n) is 9.82. The fourth-order valence-electron chi connectivity index (χ4n) is 7.41. The van der Waals surface area contributed by atoms with Crippen molar-refractivity contribution in [3.63, 3.8) is 0 Å². The van der Waals surface area contributed by atoms with E-state index in [-0.39, 0.29) is 45.1 Å². The second-order valence-corrected chi connectivity index (χ2v) is 18.2. The third-order valence-corrected chi connectivity index (χ3v) is 14.0. The molecule has 2 heterocycles. The van der Waals surface area contributed by atoms with Crippen molar-refractivity contribution in [3.05, 3.63) is 60.7 Å². The number of halogens is 3. The molecule has 2 saturated heterocycles. The molecule has 2 fully saturated rings. The van der Waals surface area contributed by atoms with E-state index in [1.807, 2.05) is 60.7 Å². The molecular weight excluding hydrogens is 710 g/mol. The van der Waals surface area contributed by atoms with Crippen molar-refractivity contribution in [2.75, 3.05) is 13.3 Å². The van der Waals surface area contributed by atoms with E-state index in [1.165, 1.54) is 18.7 Å². The topological polar surface area (TPSA) is 113 Å². The van der Waals surface area contributed by atoms with Gasteiger partial charge >= 0.3 is 11.9 Å². The first-order chi connectivity index (χ1) is 25.1. The lowest BCUT2D eigenvalue weighted by atomic mass is 9.86. The van der Waals surface area contributed by atoms with Gasteiger partial charge in [0, 0.05) is 26.2 Å². The van der Waals surface area contributed by atoms with E-state index in [1.54, 1.807) is 27.7 Å². The van der Waals surface area contributed by atoms with Crippen LogP contribution in [0.3, 0.4) is 0 Å². The van der Waals surface area contributed by atoms with Crippen LogP contribution in [0.4, 0.5) is 13.2 Å². The Morgan fingerprint density at radius 2 is 1.49 bits per heavy atom. The predicted molar refractivity (Wildman–Crippen MR) is 196 cm³/mol.